The molecule has 8 heteroatoms. The van der Waals surface area contributed by atoms with Crippen LogP contribution in [0.5, 0.6) is 0 Å². The highest BCUT2D eigenvalue weighted by Crippen LogP contribution is 2.12. The molecule has 0 saturated heterocycles. The van der Waals surface area contributed by atoms with Gasteiger partial charge in [0.1, 0.15) is 6.54 Å². The van der Waals surface area contributed by atoms with E-state index in [9.17, 15) is 19.2 Å². The van der Waals surface area contributed by atoms with Gasteiger partial charge in [-0.05, 0) is 26.2 Å². The third kappa shape index (κ3) is 9.81. The summed E-state index contributed by atoms with van der Waals surface area (Å²) in [6, 6.07) is 0. The van der Waals surface area contributed by atoms with Gasteiger partial charge in [0, 0.05) is 12.0 Å². The highest BCUT2D eigenvalue weighted by atomic mass is 16.4. The molecular formula is C17H31N3O5. The molecule has 144 valence electrons. The number of aliphatic carboxylic acids is 1. The van der Waals surface area contributed by atoms with Crippen LogP contribution in [0.3, 0.4) is 0 Å². The number of carboxylic acid groups (broad SMARTS) is 1. The third-order valence-corrected chi connectivity index (χ3v) is 4.25. The summed E-state index contributed by atoms with van der Waals surface area (Å²) in [6.45, 7) is 6.81. The summed E-state index contributed by atoms with van der Waals surface area (Å²) in [6.07, 6.45) is 2.64. The highest BCUT2D eigenvalue weighted by Gasteiger charge is 2.22. The SMILES string of the molecule is CCCC(=O)CN(CC(=O)O)C(=O)CNC(=O)CNC(C)(CC)CC. The predicted molar refractivity (Wildman–Crippen MR) is 94.1 cm³/mol. The zero-order chi connectivity index (χ0) is 19.5. The van der Waals surface area contributed by atoms with Crippen LogP contribution in [0.4, 0.5) is 0 Å². The van der Waals surface area contributed by atoms with E-state index in [2.05, 4.69) is 10.6 Å². The molecule has 3 N–H and O–H groups in total. The Morgan fingerprint density at radius 3 is 2.08 bits per heavy atom. The number of Topliss-reactive ketones (excluding diaryl/α,β-unsaturated/α-hetero) is 1. The molecular weight excluding hydrogens is 326 g/mol. The number of carboxylic acids is 1. The normalized spacial score (nSPS) is 11.0. The quantitative estimate of drug-likeness (QED) is 0.443. The smallest absolute Gasteiger partial charge is 0.323 e. The van der Waals surface area contributed by atoms with Gasteiger partial charge in [0.2, 0.25) is 11.8 Å². The molecule has 0 atom stereocenters. The van der Waals surface area contributed by atoms with Crippen molar-refractivity contribution in [1.82, 2.24) is 15.5 Å². The molecule has 0 aliphatic carbocycles. The molecule has 0 spiro atoms. The van der Waals surface area contributed by atoms with Crippen LogP contribution in [0.15, 0.2) is 0 Å². The van der Waals surface area contributed by atoms with Crippen LogP contribution in [-0.2, 0) is 19.2 Å². The Morgan fingerprint density at radius 2 is 1.60 bits per heavy atom. The van der Waals surface area contributed by atoms with Crippen molar-refractivity contribution in [2.24, 2.45) is 0 Å². The fourth-order valence-electron chi connectivity index (χ4n) is 2.11. The number of carbonyl (C=O) groups is 4. The molecule has 0 rings (SSSR count). The zero-order valence-electron chi connectivity index (χ0n) is 15.7. The van der Waals surface area contributed by atoms with E-state index in [1.165, 1.54) is 0 Å². The fourth-order valence-corrected chi connectivity index (χ4v) is 2.11. The molecule has 25 heavy (non-hydrogen) atoms. The molecule has 0 aromatic heterocycles. The molecule has 0 aromatic carbocycles. The van der Waals surface area contributed by atoms with E-state index in [1.54, 1.807) is 0 Å². The number of hydrogen-bond acceptors (Lipinski definition) is 5. The second-order valence-electron chi connectivity index (χ2n) is 6.33. The lowest BCUT2D eigenvalue weighted by atomic mass is 9.96. The molecule has 0 fully saturated rings. The summed E-state index contributed by atoms with van der Waals surface area (Å²) in [5.41, 5.74) is -0.150. The lowest BCUT2D eigenvalue weighted by molar-refractivity contribution is -0.145. The lowest BCUT2D eigenvalue weighted by Gasteiger charge is -2.28. The van der Waals surface area contributed by atoms with E-state index in [1.807, 2.05) is 27.7 Å². The predicted octanol–water partition coefficient (Wildman–Crippen LogP) is 0.553. The van der Waals surface area contributed by atoms with Crippen molar-refractivity contribution < 1.29 is 24.3 Å². The van der Waals surface area contributed by atoms with Gasteiger partial charge in [-0.2, -0.15) is 0 Å². The summed E-state index contributed by atoms with van der Waals surface area (Å²) >= 11 is 0. The average Bonchev–Trinajstić information content (AvgIpc) is 2.56. The van der Waals surface area contributed by atoms with Crippen molar-refractivity contribution >= 4 is 23.6 Å². The maximum absolute atomic E-state index is 12.1. The Balaban J connectivity index is 4.51. The number of hydrogen-bond donors (Lipinski definition) is 3. The van der Waals surface area contributed by atoms with Crippen molar-refractivity contribution in [3.63, 3.8) is 0 Å². The first-order chi connectivity index (χ1) is 11.7. The van der Waals surface area contributed by atoms with Gasteiger partial charge in [-0.1, -0.05) is 20.8 Å². The van der Waals surface area contributed by atoms with Gasteiger partial charge in [0.25, 0.3) is 0 Å². The largest absolute Gasteiger partial charge is 0.480 e. The molecule has 8 nitrogen and oxygen atoms in total. The molecule has 0 heterocycles. The number of nitrogens with zero attached hydrogens (tertiary/aromatic N) is 1. The topological polar surface area (TPSA) is 116 Å². The molecule has 2 amide bonds. The van der Waals surface area contributed by atoms with Crippen molar-refractivity contribution in [1.29, 1.82) is 0 Å². The molecule has 0 aromatic rings. The van der Waals surface area contributed by atoms with Crippen LogP contribution >= 0.6 is 0 Å². The Morgan fingerprint density at radius 1 is 1.00 bits per heavy atom. The van der Waals surface area contributed by atoms with E-state index in [0.29, 0.717) is 6.42 Å². The van der Waals surface area contributed by atoms with Crippen molar-refractivity contribution in [2.45, 2.75) is 58.9 Å². The fraction of sp³-hybridized carbons (Fsp3) is 0.765. The maximum atomic E-state index is 12.1. The summed E-state index contributed by atoms with van der Waals surface area (Å²) in [5, 5.41) is 14.5. The van der Waals surface area contributed by atoms with Gasteiger partial charge in [0.15, 0.2) is 5.78 Å². The van der Waals surface area contributed by atoms with Crippen molar-refractivity contribution in [3.05, 3.63) is 0 Å². The van der Waals surface area contributed by atoms with Crippen LogP contribution in [0.1, 0.15) is 53.4 Å². The van der Waals surface area contributed by atoms with Crippen LogP contribution in [-0.4, -0.2) is 65.3 Å². The monoisotopic (exact) mass is 357 g/mol. The standard InChI is InChI=1S/C17H31N3O5/c1-5-8-13(21)11-20(12-16(24)25)15(23)10-18-14(22)9-19-17(4,6-2)7-3/h19H,5-12H2,1-4H3,(H,18,22)(H,24,25). The molecule has 0 aliphatic heterocycles. The van der Waals surface area contributed by atoms with Gasteiger partial charge in [-0.15, -0.1) is 0 Å². The van der Waals surface area contributed by atoms with Gasteiger partial charge in [-0.3, -0.25) is 19.2 Å². The van der Waals surface area contributed by atoms with E-state index in [0.717, 1.165) is 17.7 Å². The van der Waals surface area contributed by atoms with Crippen molar-refractivity contribution in [2.75, 3.05) is 26.2 Å². The number of ketones is 1. The minimum Gasteiger partial charge on any atom is -0.480 e. The van der Waals surface area contributed by atoms with E-state index >= 15 is 0 Å². The molecule has 0 saturated carbocycles. The van der Waals surface area contributed by atoms with Gasteiger partial charge < -0.3 is 20.6 Å². The van der Waals surface area contributed by atoms with E-state index < -0.39 is 18.4 Å². The average molecular weight is 357 g/mol. The minimum absolute atomic E-state index is 0.0686. The number of rotatable bonds is 13. The Kier molecular flexibility index (Phi) is 10.7. The molecule has 0 unspecified atom stereocenters. The number of amides is 2. The summed E-state index contributed by atoms with van der Waals surface area (Å²) in [5.74, 6) is -2.34. The van der Waals surface area contributed by atoms with E-state index in [4.69, 9.17) is 5.11 Å². The second-order valence-corrected chi connectivity index (χ2v) is 6.33. The van der Waals surface area contributed by atoms with Crippen LogP contribution in [0.2, 0.25) is 0 Å². The maximum Gasteiger partial charge on any atom is 0.323 e. The third-order valence-electron chi connectivity index (χ3n) is 4.25. The lowest BCUT2D eigenvalue weighted by Crippen LogP contribution is -2.49. The number of carbonyl (C=O) groups excluding carboxylic acids is 3. The van der Waals surface area contributed by atoms with Crippen molar-refractivity contribution in [3.8, 4) is 0 Å². The van der Waals surface area contributed by atoms with Gasteiger partial charge in [-0.25, -0.2) is 0 Å². The first-order valence-corrected chi connectivity index (χ1v) is 8.70. The Hall–Kier alpha value is -1.96. The molecule has 0 aliphatic rings. The first-order valence-electron chi connectivity index (χ1n) is 8.70. The minimum atomic E-state index is -1.20. The summed E-state index contributed by atoms with van der Waals surface area (Å²) in [4.78, 5) is 47.5. The molecule has 0 radical (unpaired) electrons. The van der Waals surface area contributed by atoms with Crippen LogP contribution in [0.25, 0.3) is 0 Å². The van der Waals surface area contributed by atoms with Crippen LogP contribution in [0, 0.1) is 0 Å². The zero-order valence-corrected chi connectivity index (χ0v) is 15.7. The summed E-state index contributed by atoms with van der Waals surface area (Å²) in [7, 11) is 0. The Bertz CT molecular complexity index is 475. The van der Waals surface area contributed by atoms with Crippen LogP contribution < -0.4 is 10.6 Å². The second kappa shape index (κ2) is 11.6. The Labute approximate surface area is 149 Å². The van der Waals surface area contributed by atoms with Gasteiger partial charge in [0.05, 0.1) is 19.6 Å². The summed E-state index contributed by atoms with van der Waals surface area (Å²) < 4.78 is 0. The molecule has 0 bridgehead atoms. The van der Waals surface area contributed by atoms with Gasteiger partial charge >= 0.3 is 5.97 Å². The highest BCUT2D eigenvalue weighted by molar-refractivity contribution is 5.91. The first kappa shape index (κ1) is 23.0. The van der Waals surface area contributed by atoms with E-state index in [-0.39, 0.29) is 43.3 Å². The number of nitrogens with one attached hydrogen (secondary N) is 2.